The molecule has 2 heteroatoms. The highest BCUT2D eigenvalue weighted by Gasteiger charge is 2.15. The normalized spacial score (nSPS) is 18.0. The van der Waals surface area contributed by atoms with Crippen molar-refractivity contribution in [3.8, 4) is 0 Å². The van der Waals surface area contributed by atoms with Gasteiger partial charge in [-0.1, -0.05) is 20.8 Å². The molecular formula is C7H16O2. The van der Waals surface area contributed by atoms with Crippen molar-refractivity contribution in [2.45, 2.75) is 26.9 Å². The van der Waals surface area contributed by atoms with Crippen LogP contribution in [-0.4, -0.2) is 22.9 Å². The predicted molar refractivity (Wildman–Crippen MR) is 37.1 cm³/mol. The highest BCUT2D eigenvalue weighted by molar-refractivity contribution is 4.65. The fraction of sp³-hybridized carbons (Fsp3) is 1.00. The van der Waals surface area contributed by atoms with Crippen LogP contribution >= 0.6 is 0 Å². The average Bonchev–Trinajstić information content (AvgIpc) is 1.84. The van der Waals surface area contributed by atoms with Gasteiger partial charge >= 0.3 is 0 Å². The molecule has 0 unspecified atom stereocenters. The first-order valence-electron chi connectivity index (χ1n) is 3.38. The Kier molecular flexibility index (Phi) is 3.82. The molecule has 0 aromatic rings. The van der Waals surface area contributed by atoms with Crippen LogP contribution < -0.4 is 0 Å². The van der Waals surface area contributed by atoms with Crippen molar-refractivity contribution in [3.05, 3.63) is 0 Å². The van der Waals surface area contributed by atoms with Gasteiger partial charge in [-0.2, -0.15) is 0 Å². The second kappa shape index (κ2) is 3.85. The van der Waals surface area contributed by atoms with Crippen molar-refractivity contribution in [2.24, 2.45) is 11.8 Å². The van der Waals surface area contributed by atoms with Crippen LogP contribution in [0.4, 0.5) is 0 Å². The Labute approximate surface area is 56.5 Å². The van der Waals surface area contributed by atoms with Crippen LogP contribution in [0, 0.1) is 11.8 Å². The van der Waals surface area contributed by atoms with E-state index in [-0.39, 0.29) is 12.5 Å². The monoisotopic (exact) mass is 132 g/mol. The minimum Gasteiger partial charge on any atom is -0.394 e. The van der Waals surface area contributed by atoms with E-state index >= 15 is 0 Å². The van der Waals surface area contributed by atoms with Gasteiger partial charge in [0.15, 0.2) is 0 Å². The van der Waals surface area contributed by atoms with E-state index in [1.807, 2.05) is 20.8 Å². The molecule has 2 N–H and O–H groups in total. The standard InChI is InChI=1S/C7H16O2/c1-5(2)6(3)7(9)4-8/h5-9H,4H2,1-3H3/t6-,7-/m1/s1. The second-order valence-corrected chi connectivity index (χ2v) is 2.85. The van der Waals surface area contributed by atoms with Crippen LogP contribution in [0.25, 0.3) is 0 Å². The summed E-state index contributed by atoms with van der Waals surface area (Å²) in [7, 11) is 0. The topological polar surface area (TPSA) is 40.5 Å². The average molecular weight is 132 g/mol. The zero-order valence-corrected chi connectivity index (χ0v) is 6.33. The molecule has 9 heavy (non-hydrogen) atoms. The molecule has 0 saturated carbocycles. The Balaban J connectivity index is 3.58. The minimum absolute atomic E-state index is 0.126. The highest BCUT2D eigenvalue weighted by atomic mass is 16.3. The van der Waals surface area contributed by atoms with Gasteiger partial charge in [0.05, 0.1) is 12.7 Å². The van der Waals surface area contributed by atoms with Crippen LogP contribution in [-0.2, 0) is 0 Å². The maximum absolute atomic E-state index is 9.05. The third kappa shape index (κ3) is 2.82. The van der Waals surface area contributed by atoms with Crippen LogP contribution in [0.15, 0.2) is 0 Å². The molecule has 0 aromatic carbocycles. The zero-order chi connectivity index (χ0) is 7.44. The lowest BCUT2D eigenvalue weighted by Gasteiger charge is -2.19. The van der Waals surface area contributed by atoms with E-state index in [9.17, 15) is 0 Å². The first kappa shape index (κ1) is 8.92. The van der Waals surface area contributed by atoms with Crippen molar-refractivity contribution in [3.63, 3.8) is 0 Å². The smallest absolute Gasteiger partial charge is 0.0798 e. The molecule has 0 aromatic heterocycles. The molecule has 56 valence electrons. The van der Waals surface area contributed by atoms with Crippen molar-refractivity contribution in [2.75, 3.05) is 6.61 Å². The Morgan fingerprint density at radius 3 is 1.78 bits per heavy atom. The second-order valence-electron chi connectivity index (χ2n) is 2.85. The lowest BCUT2D eigenvalue weighted by atomic mass is 9.93. The molecule has 0 fully saturated rings. The summed E-state index contributed by atoms with van der Waals surface area (Å²) in [6, 6.07) is 0. The van der Waals surface area contributed by atoms with Crippen molar-refractivity contribution < 1.29 is 10.2 Å². The number of aliphatic hydroxyl groups is 2. The molecule has 0 aliphatic carbocycles. The van der Waals surface area contributed by atoms with Gasteiger partial charge in [0.25, 0.3) is 0 Å². The van der Waals surface area contributed by atoms with Crippen LogP contribution in [0.1, 0.15) is 20.8 Å². The summed E-state index contributed by atoms with van der Waals surface area (Å²) in [6.07, 6.45) is -0.551. The van der Waals surface area contributed by atoms with Crippen molar-refractivity contribution in [1.29, 1.82) is 0 Å². The Hall–Kier alpha value is -0.0800. The largest absolute Gasteiger partial charge is 0.394 e. The van der Waals surface area contributed by atoms with Crippen molar-refractivity contribution >= 4 is 0 Å². The fourth-order valence-electron chi connectivity index (χ4n) is 0.611. The van der Waals surface area contributed by atoms with Crippen LogP contribution in [0.5, 0.6) is 0 Å². The molecule has 0 saturated heterocycles. The lowest BCUT2D eigenvalue weighted by molar-refractivity contribution is 0.0368. The Morgan fingerprint density at radius 1 is 1.22 bits per heavy atom. The number of hydrogen-bond acceptors (Lipinski definition) is 2. The van der Waals surface area contributed by atoms with Gasteiger partial charge in [0, 0.05) is 0 Å². The van der Waals surface area contributed by atoms with E-state index in [1.54, 1.807) is 0 Å². The van der Waals surface area contributed by atoms with Gasteiger partial charge in [0.2, 0.25) is 0 Å². The minimum atomic E-state index is -0.551. The Morgan fingerprint density at radius 2 is 1.67 bits per heavy atom. The molecule has 0 amide bonds. The molecule has 0 aliphatic heterocycles. The third-order valence-corrected chi connectivity index (χ3v) is 1.85. The van der Waals surface area contributed by atoms with E-state index in [0.29, 0.717) is 5.92 Å². The van der Waals surface area contributed by atoms with E-state index in [0.717, 1.165) is 0 Å². The zero-order valence-electron chi connectivity index (χ0n) is 6.33. The quantitative estimate of drug-likeness (QED) is 0.591. The third-order valence-electron chi connectivity index (χ3n) is 1.85. The highest BCUT2D eigenvalue weighted by Crippen LogP contribution is 2.13. The molecule has 0 bridgehead atoms. The molecule has 0 rings (SSSR count). The Bertz CT molecular complexity index is 71.3. The van der Waals surface area contributed by atoms with E-state index in [1.165, 1.54) is 0 Å². The van der Waals surface area contributed by atoms with Crippen molar-refractivity contribution in [1.82, 2.24) is 0 Å². The summed E-state index contributed by atoms with van der Waals surface area (Å²) in [6.45, 7) is 5.87. The fourth-order valence-corrected chi connectivity index (χ4v) is 0.611. The van der Waals surface area contributed by atoms with E-state index in [4.69, 9.17) is 10.2 Å². The van der Waals surface area contributed by atoms with Crippen LogP contribution in [0.2, 0.25) is 0 Å². The van der Waals surface area contributed by atoms with Crippen LogP contribution in [0.3, 0.4) is 0 Å². The molecule has 2 nitrogen and oxygen atoms in total. The molecule has 0 aliphatic rings. The molecule has 0 spiro atoms. The number of aliphatic hydroxyl groups excluding tert-OH is 2. The van der Waals surface area contributed by atoms with Gasteiger partial charge in [-0.05, 0) is 11.8 Å². The summed E-state index contributed by atoms with van der Waals surface area (Å²) in [5, 5.41) is 17.6. The van der Waals surface area contributed by atoms with Gasteiger partial charge in [0.1, 0.15) is 0 Å². The number of rotatable bonds is 3. The first-order chi connectivity index (χ1) is 4.09. The molecule has 2 atom stereocenters. The van der Waals surface area contributed by atoms with Gasteiger partial charge in [-0.15, -0.1) is 0 Å². The maximum Gasteiger partial charge on any atom is 0.0798 e. The summed E-state index contributed by atoms with van der Waals surface area (Å²) < 4.78 is 0. The number of hydrogen-bond donors (Lipinski definition) is 2. The summed E-state index contributed by atoms with van der Waals surface area (Å²) in [4.78, 5) is 0. The SMILES string of the molecule is CC(C)[C@@H](C)[C@H](O)CO. The molecular weight excluding hydrogens is 116 g/mol. The van der Waals surface area contributed by atoms with Gasteiger partial charge in [-0.3, -0.25) is 0 Å². The predicted octanol–water partition coefficient (Wildman–Crippen LogP) is 0.632. The first-order valence-corrected chi connectivity index (χ1v) is 3.38. The van der Waals surface area contributed by atoms with Gasteiger partial charge < -0.3 is 10.2 Å². The summed E-state index contributed by atoms with van der Waals surface area (Å²) in [5.74, 6) is 0.627. The molecule has 0 radical (unpaired) electrons. The maximum atomic E-state index is 9.05. The van der Waals surface area contributed by atoms with E-state index in [2.05, 4.69) is 0 Å². The lowest BCUT2D eigenvalue weighted by Crippen LogP contribution is -2.25. The van der Waals surface area contributed by atoms with Gasteiger partial charge in [-0.25, -0.2) is 0 Å². The summed E-state index contributed by atoms with van der Waals surface area (Å²) in [5.41, 5.74) is 0. The van der Waals surface area contributed by atoms with E-state index < -0.39 is 6.10 Å². The summed E-state index contributed by atoms with van der Waals surface area (Å²) >= 11 is 0. The molecule has 0 heterocycles.